The van der Waals surface area contributed by atoms with Gasteiger partial charge in [-0.1, -0.05) is 26.7 Å². The quantitative estimate of drug-likeness (QED) is 0.833. The number of hydrogen-bond acceptors (Lipinski definition) is 2. The van der Waals surface area contributed by atoms with E-state index < -0.39 is 5.54 Å². The van der Waals surface area contributed by atoms with Crippen LogP contribution in [0.25, 0.3) is 0 Å². The molecule has 4 heteroatoms. The van der Waals surface area contributed by atoms with E-state index in [1.54, 1.807) is 0 Å². The van der Waals surface area contributed by atoms with Crippen LogP contribution in [0.5, 0.6) is 0 Å². The highest BCUT2D eigenvalue weighted by Crippen LogP contribution is 2.32. The van der Waals surface area contributed by atoms with Gasteiger partial charge in [0.1, 0.15) is 11.6 Å². The molecule has 1 N–H and O–H groups in total. The largest absolute Gasteiger partial charge is 0.340 e. The van der Waals surface area contributed by atoms with Crippen LogP contribution in [-0.2, 0) is 9.59 Å². The van der Waals surface area contributed by atoms with Gasteiger partial charge in [-0.05, 0) is 32.6 Å². The van der Waals surface area contributed by atoms with E-state index in [-0.39, 0.29) is 23.9 Å². The van der Waals surface area contributed by atoms with E-state index in [2.05, 4.69) is 5.32 Å². The monoisotopic (exact) mass is 252 g/mol. The van der Waals surface area contributed by atoms with Crippen molar-refractivity contribution in [3.63, 3.8) is 0 Å². The van der Waals surface area contributed by atoms with E-state index >= 15 is 0 Å². The summed E-state index contributed by atoms with van der Waals surface area (Å²) in [4.78, 5) is 26.8. The lowest BCUT2D eigenvalue weighted by atomic mass is 9.86. The molecule has 1 atom stereocenters. The lowest BCUT2D eigenvalue weighted by molar-refractivity contribution is -0.157. The highest BCUT2D eigenvalue weighted by atomic mass is 16.2. The molecule has 0 aromatic carbocycles. The van der Waals surface area contributed by atoms with Crippen molar-refractivity contribution in [2.75, 3.05) is 0 Å². The van der Waals surface area contributed by atoms with Crippen LogP contribution in [-0.4, -0.2) is 34.3 Å². The zero-order valence-electron chi connectivity index (χ0n) is 11.7. The average Bonchev–Trinajstić information content (AvgIpc) is 2.88. The third-order valence-electron chi connectivity index (χ3n) is 4.73. The molecule has 18 heavy (non-hydrogen) atoms. The second-order valence-electron chi connectivity index (χ2n) is 5.61. The van der Waals surface area contributed by atoms with E-state index in [0.717, 1.165) is 12.8 Å². The van der Waals surface area contributed by atoms with Crippen LogP contribution in [0.1, 0.15) is 59.3 Å². The summed E-state index contributed by atoms with van der Waals surface area (Å²) in [5.41, 5.74) is -0.661. The van der Waals surface area contributed by atoms with Gasteiger partial charge in [0.05, 0.1) is 0 Å². The molecule has 1 saturated carbocycles. The van der Waals surface area contributed by atoms with Crippen LogP contribution in [0.15, 0.2) is 0 Å². The molecule has 1 aliphatic carbocycles. The third kappa shape index (κ3) is 1.91. The Bertz CT molecular complexity index is 344. The first-order valence-corrected chi connectivity index (χ1v) is 7.20. The number of amides is 2. The van der Waals surface area contributed by atoms with Gasteiger partial charge in [0.15, 0.2) is 0 Å². The van der Waals surface area contributed by atoms with Gasteiger partial charge in [-0.2, -0.15) is 0 Å². The summed E-state index contributed by atoms with van der Waals surface area (Å²) in [5.74, 6) is 0.136. The first-order valence-electron chi connectivity index (χ1n) is 7.20. The zero-order valence-corrected chi connectivity index (χ0v) is 11.7. The first kappa shape index (κ1) is 13.4. The van der Waals surface area contributed by atoms with Crippen LogP contribution in [0, 0.1) is 0 Å². The standard InChI is InChI=1S/C14H24N2O2/c1-4-14(5-2)13(18)16(10(3)12(17)15-14)11-8-6-7-9-11/h10-11H,4-9H2,1-3H3,(H,15,17). The Balaban J connectivity index is 2.30. The molecule has 2 rings (SSSR count). The summed E-state index contributed by atoms with van der Waals surface area (Å²) < 4.78 is 0. The molecule has 0 aromatic rings. The molecule has 2 fully saturated rings. The third-order valence-corrected chi connectivity index (χ3v) is 4.73. The van der Waals surface area contributed by atoms with Gasteiger partial charge in [-0.3, -0.25) is 9.59 Å². The van der Waals surface area contributed by atoms with Gasteiger partial charge >= 0.3 is 0 Å². The number of piperazine rings is 1. The minimum atomic E-state index is -0.661. The SMILES string of the molecule is CCC1(CC)NC(=O)C(C)N(C2CCCC2)C1=O. The summed E-state index contributed by atoms with van der Waals surface area (Å²) in [5, 5.41) is 2.95. The molecule has 1 aliphatic heterocycles. The number of carbonyl (C=O) groups is 2. The molecule has 0 bridgehead atoms. The molecule has 2 aliphatic rings. The van der Waals surface area contributed by atoms with Crippen molar-refractivity contribution in [2.24, 2.45) is 0 Å². The second-order valence-corrected chi connectivity index (χ2v) is 5.61. The van der Waals surface area contributed by atoms with E-state index in [1.807, 2.05) is 25.7 Å². The van der Waals surface area contributed by atoms with Crippen molar-refractivity contribution in [1.29, 1.82) is 0 Å². The molecule has 2 amide bonds. The Labute approximate surface area is 109 Å². The number of hydrogen-bond donors (Lipinski definition) is 1. The summed E-state index contributed by atoms with van der Waals surface area (Å²) >= 11 is 0. The highest BCUT2D eigenvalue weighted by Gasteiger charge is 2.49. The van der Waals surface area contributed by atoms with Crippen molar-refractivity contribution in [1.82, 2.24) is 10.2 Å². The van der Waals surface area contributed by atoms with E-state index in [1.165, 1.54) is 12.8 Å². The van der Waals surface area contributed by atoms with Crippen molar-refractivity contribution in [3.05, 3.63) is 0 Å². The fourth-order valence-corrected chi connectivity index (χ4v) is 3.34. The number of carbonyl (C=O) groups excluding carboxylic acids is 2. The smallest absolute Gasteiger partial charge is 0.249 e. The fourth-order valence-electron chi connectivity index (χ4n) is 3.34. The van der Waals surface area contributed by atoms with Crippen molar-refractivity contribution in [2.45, 2.75) is 76.9 Å². The maximum atomic E-state index is 12.8. The summed E-state index contributed by atoms with van der Waals surface area (Å²) in [6.07, 6.45) is 5.79. The fraction of sp³-hybridized carbons (Fsp3) is 0.857. The molecular formula is C14H24N2O2. The maximum Gasteiger partial charge on any atom is 0.249 e. The highest BCUT2D eigenvalue weighted by molar-refractivity contribution is 5.99. The Kier molecular flexibility index (Phi) is 3.64. The van der Waals surface area contributed by atoms with Crippen molar-refractivity contribution >= 4 is 11.8 Å². The van der Waals surface area contributed by atoms with E-state index in [4.69, 9.17) is 0 Å². The summed E-state index contributed by atoms with van der Waals surface area (Å²) in [6, 6.07) is -0.0390. The van der Waals surface area contributed by atoms with Gasteiger partial charge in [0, 0.05) is 6.04 Å². The molecule has 1 unspecified atom stereocenters. The Morgan fingerprint density at radius 3 is 2.28 bits per heavy atom. The van der Waals surface area contributed by atoms with Gasteiger partial charge < -0.3 is 10.2 Å². The number of nitrogens with zero attached hydrogens (tertiary/aromatic N) is 1. The predicted octanol–water partition coefficient (Wildman–Crippen LogP) is 1.83. The molecule has 4 nitrogen and oxygen atoms in total. The Morgan fingerprint density at radius 1 is 1.22 bits per heavy atom. The minimum absolute atomic E-state index is 0.00481. The van der Waals surface area contributed by atoms with Gasteiger partial charge in [-0.15, -0.1) is 0 Å². The van der Waals surface area contributed by atoms with Crippen molar-refractivity contribution < 1.29 is 9.59 Å². The molecule has 1 saturated heterocycles. The predicted molar refractivity (Wildman–Crippen MR) is 70.0 cm³/mol. The molecule has 0 spiro atoms. The van der Waals surface area contributed by atoms with Gasteiger partial charge in [0.2, 0.25) is 11.8 Å². The minimum Gasteiger partial charge on any atom is -0.340 e. The van der Waals surface area contributed by atoms with Crippen LogP contribution in [0.4, 0.5) is 0 Å². The molecule has 0 radical (unpaired) electrons. The van der Waals surface area contributed by atoms with Crippen molar-refractivity contribution in [3.8, 4) is 0 Å². The van der Waals surface area contributed by atoms with Crippen LogP contribution < -0.4 is 5.32 Å². The first-order chi connectivity index (χ1) is 8.55. The molecule has 1 heterocycles. The molecular weight excluding hydrogens is 228 g/mol. The molecule has 102 valence electrons. The summed E-state index contributed by atoms with van der Waals surface area (Å²) in [6.45, 7) is 5.80. The number of rotatable bonds is 3. The Morgan fingerprint density at radius 2 is 1.78 bits per heavy atom. The average molecular weight is 252 g/mol. The normalized spacial score (nSPS) is 28.6. The van der Waals surface area contributed by atoms with Crippen LogP contribution >= 0.6 is 0 Å². The lowest BCUT2D eigenvalue weighted by Crippen LogP contribution is -2.70. The van der Waals surface area contributed by atoms with Gasteiger partial charge in [-0.25, -0.2) is 0 Å². The topological polar surface area (TPSA) is 49.4 Å². The molecule has 0 aromatic heterocycles. The van der Waals surface area contributed by atoms with Crippen LogP contribution in [0.2, 0.25) is 0 Å². The Hall–Kier alpha value is -1.06. The maximum absolute atomic E-state index is 12.8. The van der Waals surface area contributed by atoms with Crippen LogP contribution in [0.3, 0.4) is 0 Å². The van der Waals surface area contributed by atoms with E-state index in [0.29, 0.717) is 12.8 Å². The second kappa shape index (κ2) is 4.90. The lowest BCUT2D eigenvalue weighted by Gasteiger charge is -2.47. The summed E-state index contributed by atoms with van der Waals surface area (Å²) in [7, 11) is 0. The number of nitrogens with one attached hydrogen (secondary N) is 1. The van der Waals surface area contributed by atoms with Gasteiger partial charge in [0.25, 0.3) is 0 Å². The van der Waals surface area contributed by atoms with E-state index in [9.17, 15) is 9.59 Å². The zero-order chi connectivity index (χ0) is 13.3.